The van der Waals surface area contributed by atoms with Crippen LogP contribution in [0, 0.1) is 11.8 Å². The fourth-order valence-electron chi connectivity index (χ4n) is 3.39. The summed E-state index contributed by atoms with van der Waals surface area (Å²) in [6.45, 7) is 4.55. The second kappa shape index (κ2) is 5.21. The number of rotatable bonds is 2. The van der Waals surface area contributed by atoms with Crippen molar-refractivity contribution >= 4 is 6.09 Å². The van der Waals surface area contributed by atoms with Gasteiger partial charge in [0.05, 0.1) is 0 Å². The number of amides is 1. The van der Waals surface area contributed by atoms with E-state index in [0.29, 0.717) is 18.4 Å². The molecule has 2 aliphatic heterocycles. The van der Waals surface area contributed by atoms with E-state index in [2.05, 4.69) is 29.2 Å². The van der Waals surface area contributed by atoms with Crippen molar-refractivity contribution in [2.75, 3.05) is 26.2 Å². The predicted molar refractivity (Wildman–Crippen MR) is 72.9 cm³/mol. The van der Waals surface area contributed by atoms with Gasteiger partial charge in [-0.1, -0.05) is 30.3 Å². The predicted octanol–water partition coefficient (Wildman–Crippen LogP) is 2.12. The number of hydrogen-bond acceptors (Lipinski definition) is 2. The maximum absolute atomic E-state index is 11.0. The summed E-state index contributed by atoms with van der Waals surface area (Å²) in [5.74, 6) is 1.09. The van der Waals surface area contributed by atoms with Crippen LogP contribution in [0.2, 0.25) is 0 Å². The smallest absolute Gasteiger partial charge is 0.407 e. The van der Waals surface area contributed by atoms with Gasteiger partial charge < -0.3 is 10.0 Å². The maximum Gasteiger partial charge on any atom is 0.407 e. The van der Waals surface area contributed by atoms with E-state index in [1.807, 2.05) is 6.07 Å². The highest BCUT2D eigenvalue weighted by atomic mass is 16.4. The highest BCUT2D eigenvalue weighted by Gasteiger charge is 2.38. The quantitative estimate of drug-likeness (QED) is 0.885. The first-order valence-corrected chi connectivity index (χ1v) is 6.96. The molecule has 1 aromatic rings. The van der Waals surface area contributed by atoms with Crippen LogP contribution in [0.5, 0.6) is 0 Å². The van der Waals surface area contributed by atoms with E-state index < -0.39 is 6.09 Å². The lowest BCUT2D eigenvalue weighted by molar-refractivity contribution is 0.141. The Morgan fingerprint density at radius 3 is 2.63 bits per heavy atom. The Balaban J connectivity index is 1.59. The molecule has 0 aromatic heterocycles. The van der Waals surface area contributed by atoms with Crippen molar-refractivity contribution in [1.29, 1.82) is 0 Å². The average molecular weight is 260 g/mol. The van der Waals surface area contributed by atoms with Crippen molar-refractivity contribution in [3.05, 3.63) is 35.9 Å². The first-order chi connectivity index (χ1) is 9.22. The van der Waals surface area contributed by atoms with Gasteiger partial charge in [0.1, 0.15) is 0 Å². The van der Waals surface area contributed by atoms with Crippen LogP contribution < -0.4 is 0 Å². The van der Waals surface area contributed by atoms with Crippen LogP contribution in [-0.4, -0.2) is 47.2 Å². The molecule has 19 heavy (non-hydrogen) atoms. The zero-order chi connectivity index (χ0) is 13.2. The van der Waals surface area contributed by atoms with Gasteiger partial charge >= 0.3 is 6.09 Å². The van der Waals surface area contributed by atoms with Crippen molar-refractivity contribution in [1.82, 2.24) is 9.80 Å². The van der Waals surface area contributed by atoms with Gasteiger partial charge in [-0.15, -0.1) is 0 Å². The number of carbonyl (C=O) groups is 1. The zero-order valence-corrected chi connectivity index (χ0v) is 11.0. The van der Waals surface area contributed by atoms with Crippen LogP contribution in [0.25, 0.3) is 0 Å². The Morgan fingerprint density at radius 2 is 1.89 bits per heavy atom. The molecule has 2 saturated heterocycles. The van der Waals surface area contributed by atoms with Gasteiger partial charge in [-0.05, 0) is 30.4 Å². The summed E-state index contributed by atoms with van der Waals surface area (Å²) < 4.78 is 0. The molecule has 3 rings (SSSR count). The average Bonchev–Trinajstić information content (AvgIpc) is 2.83. The van der Waals surface area contributed by atoms with E-state index in [1.54, 1.807) is 4.90 Å². The topological polar surface area (TPSA) is 43.8 Å². The molecule has 1 amide bonds. The van der Waals surface area contributed by atoms with Gasteiger partial charge in [-0.2, -0.15) is 0 Å². The Kier molecular flexibility index (Phi) is 3.42. The summed E-state index contributed by atoms with van der Waals surface area (Å²) in [4.78, 5) is 15.1. The Bertz CT molecular complexity index is 449. The molecule has 0 bridgehead atoms. The molecule has 2 atom stereocenters. The summed E-state index contributed by atoms with van der Waals surface area (Å²) >= 11 is 0. The highest BCUT2D eigenvalue weighted by Crippen LogP contribution is 2.31. The molecule has 2 heterocycles. The summed E-state index contributed by atoms with van der Waals surface area (Å²) in [5, 5.41) is 9.07. The lowest BCUT2D eigenvalue weighted by Gasteiger charge is -2.34. The number of hydrogen-bond donors (Lipinski definition) is 1. The van der Waals surface area contributed by atoms with Gasteiger partial charge in [0, 0.05) is 26.2 Å². The molecule has 2 aliphatic rings. The SMILES string of the molecule is O=C(O)N1CC2CCN(Cc3ccccc3)CC2C1. The second-order valence-corrected chi connectivity index (χ2v) is 5.72. The van der Waals surface area contributed by atoms with Crippen LogP contribution in [0.15, 0.2) is 30.3 Å². The molecule has 1 N–H and O–H groups in total. The zero-order valence-electron chi connectivity index (χ0n) is 11.0. The Labute approximate surface area is 113 Å². The Morgan fingerprint density at radius 1 is 1.16 bits per heavy atom. The van der Waals surface area contributed by atoms with Gasteiger partial charge in [0.15, 0.2) is 0 Å². The summed E-state index contributed by atoms with van der Waals surface area (Å²) in [5.41, 5.74) is 1.34. The van der Waals surface area contributed by atoms with Gasteiger partial charge in [0.25, 0.3) is 0 Å². The molecule has 0 saturated carbocycles. The molecule has 0 aliphatic carbocycles. The number of benzene rings is 1. The van der Waals surface area contributed by atoms with Crippen molar-refractivity contribution < 1.29 is 9.90 Å². The van der Waals surface area contributed by atoms with E-state index in [0.717, 1.165) is 32.6 Å². The third kappa shape index (κ3) is 2.73. The molecular weight excluding hydrogens is 240 g/mol. The van der Waals surface area contributed by atoms with Crippen molar-refractivity contribution in [2.45, 2.75) is 13.0 Å². The molecule has 2 unspecified atom stereocenters. The van der Waals surface area contributed by atoms with Gasteiger partial charge in [-0.3, -0.25) is 4.90 Å². The van der Waals surface area contributed by atoms with Crippen molar-refractivity contribution in [2.24, 2.45) is 11.8 Å². The molecule has 2 fully saturated rings. The molecular formula is C15H20N2O2. The third-order valence-electron chi connectivity index (χ3n) is 4.40. The van der Waals surface area contributed by atoms with Crippen LogP contribution in [0.4, 0.5) is 4.79 Å². The van der Waals surface area contributed by atoms with E-state index >= 15 is 0 Å². The maximum atomic E-state index is 11.0. The van der Waals surface area contributed by atoms with Crippen LogP contribution in [0.3, 0.4) is 0 Å². The normalized spacial score (nSPS) is 27.3. The largest absolute Gasteiger partial charge is 0.465 e. The highest BCUT2D eigenvalue weighted by molar-refractivity contribution is 5.65. The molecule has 4 heteroatoms. The molecule has 1 aromatic carbocycles. The van der Waals surface area contributed by atoms with E-state index in [1.165, 1.54) is 5.56 Å². The summed E-state index contributed by atoms with van der Waals surface area (Å²) in [6, 6.07) is 10.5. The second-order valence-electron chi connectivity index (χ2n) is 5.72. The molecule has 4 nitrogen and oxygen atoms in total. The van der Waals surface area contributed by atoms with Crippen molar-refractivity contribution in [3.63, 3.8) is 0 Å². The lowest BCUT2D eigenvalue weighted by Crippen LogP contribution is -2.39. The summed E-state index contributed by atoms with van der Waals surface area (Å²) in [7, 11) is 0. The summed E-state index contributed by atoms with van der Waals surface area (Å²) in [6.07, 6.45) is 0.366. The van der Waals surface area contributed by atoms with Gasteiger partial charge in [-0.25, -0.2) is 4.79 Å². The number of piperidine rings is 1. The van der Waals surface area contributed by atoms with E-state index in [4.69, 9.17) is 5.11 Å². The molecule has 0 spiro atoms. The number of fused-ring (bicyclic) bond motifs is 1. The first-order valence-electron chi connectivity index (χ1n) is 6.96. The number of nitrogens with zero attached hydrogens (tertiary/aromatic N) is 2. The minimum absolute atomic E-state index is 0.522. The fourth-order valence-corrected chi connectivity index (χ4v) is 3.39. The number of likely N-dealkylation sites (tertiary alicyclic amines) is 2. The molecule has 102 valence electrons. The standard InChI is InChI=1S/C15H20N2O2/c18-15(19)17-10-13-6-7-16(9-14(13)11-17)8-12-4-2-1-3-5-12/h1-5,13-14H,6-11H2,(H,18,19). The van der Waals surface area contributed by atoms with Gasteiger partial charge in [0.2, 0.25) is 0 Å². The third-order valence-corrected chi connectivity index (χ3v) is 4.40. The first kappa shape index (κ1) is 12.5. The molecule has 0 radical (unpaired) electrons. The van der Waals surface area contributed by atoms with Crippen LogP contribution in [-0.2, 0) is 6.54 Å². The Hall–Kier alpha value is -1.55. The van der Waals surface area contributed by atoms with Crippen molar-refractivity contribution in [3.8, 4) is 0 Å². The van der Waals surface area contributed by atoms with E-state index in [9.17, 15) is 4.79 Å². The minimum atomic E-state index is -0.760. The fraction of sp³-hybridized carbons (Fsp3) is 0.533. The van der Waals surface area contributed by atoms with Crippen LogP contribution >= 0.6 is 0 Å². The monoisotopic (exact) mass is 260 g/mol. The minimum Gasteiger partial charge on any atom is -0.465 e. The van der Waals surface area contributed by atoms with Crippen LogP contribution in [0.1, 0.15) is 12.0 Å². The number of carboxylic acid groups (broad SMARTS) is 1. The lowest BCUT2D eigenvalue weighted by atomic mass is 9.88. The van der Waals surface area contributed by atoms with E-state index in [-0.39, 0.29) is 0 Å².